The SMILES string of the molecule is [C-]#[N+]C1CC(C(C)C)CCC1(C)[N+]#[C-]. The van der Waals surface area contributed by atoms with Gasteiger partial charge in [0.15, 0.2) is 0 Å². The Balaban J connectivity index is 2.76. The van der Waals surface area contributed by atoms with Crippen molar-refractivity contribution in [3.63, 3.8) is 0 Å². The van der Waals surface area contributed by atoms with E-state index in [4.69, 9.17) is 13.1 Å². The third-order valence-corrected chi connectivity index (χ3v) is 3.62. The molecule has 2 heteroatoms. The molecule has 0 N–H and O–H groups in total. The molecule has 0 aromatic carbocycles. The van der Waals surface area contributed by atoms with Gasteiger partial charge < -0.3 is 9.69 Å². The summed E-state index contributed by atoms with van der Waals surface area (Å²) in [4.78, 5) is 7.30. The molecule has 0 spiro atoms. The summed E-state index contributed by atoms with van der Waals surface area (Å²) in [7, 11) is 0. The summed E-state index contributed by atoms with van der Waals surface area (Å²) >= 11 is 0. The highest BCUT2D eigenvalue weighted by atomic mass is 14.9. The van der Waals surface area contributed by atoms with Gasteiger partial charge in [-0.25, -0.2) is 13.1 Å². The van der Waals surface area contributed by atoms with Crippen LogP contribution < -0.4 is 0 Å². The van der Waals surface area contributed by atoms with Crippen molar-refractivity contribution in [1.29, 1.82) is 0 Å². The second-order valence-corrected chi connectivity index (χ2v) is 4.89. The van der Waals surface area contributed by atoms with Crippen LogP contribution in [0.5, 0.6) is 0 Å². The summed E-state index contributed by atoms with van der Waals surface area (Å²) in [6.07, 6.45) is 2.93. The van der Waals surface area contributed by atoms with Gasteiger partial charge in [0.25, 0.3) is 6.04 Å². The van der Waals surface area contributed by atoms with E-state index in [1.54, 1.807) is 0 Å². The standard InChI is InChI=1S/C12H18N2/c1-9(2)10-6-7-12(3,14-5)11(8-10)13-4/h9-11H,6-8H2,1-3H3. The number of hydrogen-bond donors (Lipinski definition) is 0. The lowest BCUT2D eigenvalue weighted by molar-refractivity contribution is 0.220. The smallest absolute Gasteiger partial charge is 0.302 e. The molecule has 1 aliphatic carbocycles. The van der Waals surface area contributed by atoms with Gasteiger partial charge >= 0.3 is 5.54 Å². The van der Waals surface area contributed by atoms with Crippen molar-refractivity contribution in [2.45, 2.75) is 51.6 Å². The molecule has 1 aliphatic rings. The molecular formula is C12H18N2. The Labute approximate surface area is 87.0 Å². The van der Waals surface area contributed by atoms with Gasteiger partial charge in [-0.05, 0) is 18.3 Å². The maximum Gasteiger partial charge on any atom is 0.302 e. The molecule has 0 heterocycles. The third kappa shape index (κ3) is 1.90. The molecule has 0 saturated heterocycles. The summed E-state index contributed by atoms with van der Waals surface area (Å²) < 4.78 is 0. The van der Waals surface area contributed by atoms with Crippen LogP contribution in [0, 0.1) is 25.0 Å². The molecule has 76 valence electrons. The monoisotopic (exact) mass is 190 g/mol. The van der Waals surface area contributed by atoms with Crippen LogP contribution in [0.15, 0.2) is 0 Å². The van der Waals surface area contributed by atoms with E-state index in [1.165, 1.54) is 0 Å². The Bertz CT molecular complexity index is 282. The van der Waals surface area contributed by atoms with Crippen LogP contribution in [-0.4, -0.2) is 11.6 Å². The number of nitrogens with zero attached hydrogens (tertiary/aromatic N) is 2. The van der Waals surface area contributed by atoms with Crippen molar-refractivity contribution in [2.75, 3.05) is 0 Å². The van der Waals surface area contributed by atoms with Gasteiger partial charge in [0.2, 0.25) is 0 Å². The van der Waals surface area contributed by atoms with Gasteiger partial charge in [-0.2, -0.15) is 0 Å². The Morgan fingerprint density at radius 2 is 2.00 bits per heavy atom. The molecule has 0 aromatic heterocycles. The maximum atomic E-state index is 7.18. The van der Waals surface area contributed by atoms with E-state index in [0.29, 0.717) is 11.8 Å². The van der Waals surface area contributed by atoms with Crippen LogP contribution in [0.25, 0.3) is 9.69 Å². The topological polar surface area (TPSA) is 8.72 Å². The van der Waals surface area contributed by atoms with Gasteiger partial charge in [0.1, 0.15) is 0 Å². The van der Waals surface area contributed by atoms with Gasteiger partial charge in [0.05, 0.1) is 0 Å². The van der Waals surface area contributed by atoms with Crippen LogP contribution in [0.2, 0.25) is 0 Å². The number of rotatable bonds is 1. The zero-order chi connectivity index (χ0) is 10.8. The summed E-state index contributed by atoms with van der Waals surface area (Å²) in [6.45, 7) is 20.7. The molecule has 0 bridgehead atoms. The van der Waals surface area contributed by atoms with Crippen molar-refractivity contribution >= 4 is 0 Å². The van der Waals surface area contributed by atoms with Crippen LogP contribution in [0.4, 0.5) is 0 Å². The maximum absolute atomic E-state index is 7.18. The number of hydrogen-bond acceptors (Lipinski definition) is 0. The quantitative estimate of drug-likeness (QED) is 0.560. The van der Waals surface area contributed by atoms with Crippen molar-refractivity contribution in [1.82, 2.24) is 0 Å². The highest BCUT2D eigenvalue weighted by molar-refractivity contribution is 5.12. The molecule has 2 nitrogen and oxygen atoms in total. The van der Waals surface area contributed by atoms with E-state index in [-0.39, 0.29) is 6.04 Å². The third-order valence-electron chi connectivity index (χ3n) is 3.62. The van der Waals surface area contributed by atoms with Crippen molar-refractivity contribution in [3.05, 3.63) is 22.8 Å². The van der Waals surface area contributed by atoms with Crippen LogP contribution in [0.3, 0.4) is 0 Å². The van der Waals surface area contributed by atoms with Crippen molar-refractivity contribution < 1.29 is 0 Å². The first-order chi connectivity index (χ1) is 6.53. The Kier molecular flexibility index (Phi) is 3.17. The van der Waals surface area contributed by atoms with Crippen molar-refractivity contribution in [2.24, 2.45) is 11.8 Å². The highest BCUT2D eigenvalue weighted by Crippen LogP contribution is 2.39. The molecule has 3 atom stereocenters. The zero-order valence-electron chi connectivity index (χ0n) is 9.25. The molecule has 1 fully saturated rings. The van der Waals surface area contributed by atoms with Gasteiger partial charge in [-0.1, -0.05) is 13.8 Å². The van der Waals surface area contributed by atoms with Crippen LogP contribution >= 0.6 is 0 Å². The van der Waals surface area contributed by atoms with E-state index in [0.717, 1.165) is 19.3 Å². The lowest BCUT2D eigenvalue weighted by Crippen LogP contribution is -2.41. The molecule has 3 unspecified atom stereocenters. The summed E-state index contributed by atoms with van der Waals surface area (Å²) in [5.41, 5.74) is -0.410. The fraction of sp³-hybridized carbons (Fsp3) is 0.833. The largest absolute Gasteiger partial charge is 0.305 e. The average molecular weight is 190 g/mol. The van der Waals surface area contributed by atoms with Gasteiger partial charge in [-0.3, -0.25) is 0 Å². The van der Waals surface area contributed by atoms with E-state index < -0.39 is 5.54 Å². The predicted octanol–water partition coefficient (Wildman–Crippen LogP) is 3.41. The van der Waals surface area contributed by atoms with Crippen LogP contribution in [-0.2, 0) is 0 Å². The lowest BCUT2D eigenvalue weighted by Gasteiger charge is -2.31. The molecular weight excluding hydrogens is 172 g/mol. The van der Waals surface area contributed by atoms with Crippen LogP contribution in [0.1, 0.15) is 40.0 Å². The molecule has 0 radical (unpaired) electrons. The summed E-state index contributed by atoms with van der Waals surface area (Å²) in [6, 6.07) is -0.0823. The molecule has 1 saturated carbocycles. The van der Waals surface area contributed by atoms with Gasteiger partial charge in [0, 0.05) is 19.8 Å². The molecule has 14 heavy (non-hydrogen) atoms. The zero-order valence-corrected chi connectivity index (χ0v) is 9.25. The first-order valence-corrected chi connectivity index (χ1v) is 5.28. The van der Waals surface area contributed by atoms with E-state index in [1.807, 2.05) is 6.92 Å². The van der Waals surface area contributed by atoms with E-state index in [2.05, 4.69) is 23.5 Å². The fourth-order valence-corrected chi connectivity index (χ4v) is 2.23. The molecule has 0 aliphatic heterocycles. The second kappa shape index (κ2) is 4.01. The minimum Gasteiger partial charge on any atom is -0.305 e. The van der Waals surface area contributed by atoms with E-state index >= 15 is 0 Å². The van der Waals surface area contributed by atoms with Crippen molar-refractivity contribution in [3.8, 4) is 0 Å². The minimum absolute atomic E-state index is 0.0823. The minimum atomic E-state index is -0.410. The normalized spacial score (nSPS) is 37.6. The molecule has 0 amide bonds. The Morgan fingerprint density at radius 1 is 1.36 bits per heavy atom. The summed E-state index contributed by atoms with van der Waals surface area (Å²) in [5.74, 6) is 1.29. The fourth-order valence-electron chi connectivity index (χ4n) is 2.23. The van der Waals surface area contributed by atoms with Gasteiger partial charge in [-0.15, -0.1) is 0 Å². The molecule has 0 aromatic rings. The molecule has 1 rings (SSSR count). The predicted molar refractivity (Wildman–Crippen MR) is 57.6 cm³/mol. The second-order valence-electron chi connectivity index (χ2n) is 4.89. The van der Waals surface area contributed by atoms with E-state index in [9.17, 15) is 0 Å². The first-order valence-electron chi connectivity index (χ1n) is 5.28. The average Bonchev–Trinajstić information content (AvgIpc) is 2.18. The first kappa shape index (κ1) is 11.1. The lowest BCUT2D eigenvalue weighted by atomic mass is 9.71. The highest BCUT2D eigenvalue weighted by Gasteiger charge is 2.50. The Hall–Kier alpha value is -1.02. The Morgan fingerprint density at radius 3 is 2.43 bits per heavy atom. The summed E-state index contributed by atoms with van der Waals surface area (Å²) in [5, 5.41) is 0.